The Labute approximate surface area is 237 Å². The average Bonchev–Trinajstić information content (AvgIpc) is 3.30. The van der Waals surface area contributed by atoms with Crippen molar-refractivity contribution in [1.29, 1.82) is 0 Å². The molecule has 2 rings (SSSR count). The van der Waals surface area contributed by atoms with Crippen molar-refractivity contribution < 1.29 is 29.1 Å². The van der Waals surface area contributed by atoms with E-state index < -0.39 is 53.8 Å². The van der Waals surface area contributed by atoms with Crippen LogP contribution >= 0.6 is 11.8 Å². The van der Waals surface area contributed by atoms with Gasteiger partial charge in [0.2, 0.25) is 23.6 Å². The van der Waals surface area contributed by atoms with Crippen LogP contribution in [0.4, 0.5) is 0 Å². The Morgan fingerprint density at radius 3 is 2.20 bits per heavy atom. The minimum absolute atomic E-state index is 0.0124. The third-order valence-electron chi connectivity index (χ3n) is 6.34. The molecule has 0 fully saturated rings. The smallest absolute Gasteiger partial charge is 0.326 e. The van der Waals surface area contributed by atoms with Gasteiger partial charge in [0, 0.05) is 29.9 Å². The number of aromatic amines is 1. The summed E-state index contributed by atoms with van der Waals surface area (Å²) in [6.07, 6.45) is 3.90. The van der Waals surface area contributed by atoms with Gasteiger partial charge in [-0.25, -0.2) is 4.79 Å². The van der Waals surface area contributed by atoms with Gasteiger partial charge < -0.3 is 37.5 Å². The van der Waals surface area contributed by atoms with E-state index in [0.29, 0.717) is 17.7 Å². The summed E-state index contributed by atoms with van der Waals surface area (Å²) < 4.78 is 0. The van der Waals surface area contributed by atoms with Crippen molar-refractivity contribution in [3.8, 4) is 0 Å². The zero-order valence-electron chi connectivity index (χ0n) is 23.1. The number of H-pyrrole nitrogens is 1. The number of rotatable bonds is 17. The molecule has 4 unspecified atom stereocenters. The number of benzene rings is 1. The zero-order chi connectivity index (χ0) is 29.8. The number of aliphatic carboxylic acids is 1. The predicted molar refractivity (Wildman–Crippen MR) is 154 cm³/mol. The summed E-state index contributed by atoms with van der Waals surface area (Å²) in [6, 6.07) is 3.01. The number of fused-ring (bicyclic) bond motifs is 1. The normalized spacial score (nSPS) is 14.2. The summed E-state index contributed by atoms with van der Waals surface area (Å²) in [4.78, 5) is 65.7. The highest BCUT2D eigenvalue weighted by Crippen LogP contribution is 2.19. The molecule has 0 aliphatic carbocycles. The Morgan fingerprint density at radius 1 is 0.950 bits per heavy atom. The number of hydrogen-bond donors (Lipinski definition) is 7. The van der Waals surface area contributed by atoms with Crippen LogP contribution in [0.3, 0.4) is 0 Å². The molecular weight excluding hydrogens is 536 g/mol. The molecule has 4 amide bonds. The largest absolute Gasteiger partial charge is 0.480 e. The number of carboxylic acid groups (broad SMARTS) is 1. The standard InChI is InChI=1S/C27H40N6O6S/c1-15(2)12-21(32-24(35)18(28)10-11-40-3)26(37)31-20(8-9-23(29)34)25(36)33-22(27(38)39)13-16-14-30-19-7-5-4-6-17(16)19/h4-7,14-15,18,20-22,30H,8-13,28H2,1-3H3,(H2,29,34)(H,31,37)(H,32,35)(H,33,36)(H,38,39). The molecule has 1 aromatic heterocycles. The van der Waals surface area contributed by atoms with Gasteiger partial charge in [-0.15, -0.1) is 0 Å². The molecule has 0 saturated carbocycles. The first-order valence-electron chi connectivity index (χ1n) is 13.1. The topological polar surface area (TPSA) is 209 Å². The van der Waals surface area contributed by atoms with Crippen molar-refractivity contribution in [2.75, 3.05) is 12.0 Å². The van der Waals surface area contributed by atoms with Crippen LogP contribution < -0.4 is 27.4 Å². The van der Waals surface area contributed by atoms with Gasteiger partial charge >= 0.3 is 5.97 Å². The number of primary amides is 1. The molecule has 0 bridgehead atoms. The number of nitrogens with two attached hydrogens (primary N) is 2. The first-order chi connectivity index (χ1) is 18.9. The van der Waals surface area contributed by atoms with Crippen LogP contribution in [-0.2, 0) is 30.4 Å². The predicted octanol–water partition coefficient (Wildman–Crippen LogP) is 0.641. The number of amides is 4. The number of nitrogens with one attached hydrogen (secondary N) is 4. The summed E-state index contributed by atoms with van der Waals surface area (Å²) in [5.74, 6) is -3.17. The highest BCUT2D eigenvalue weighted by Gasteiger charge is 2.31. The molecule has 0 aliphatic heterocycles. The second-order valence-corrected chi connectivity index (χ2v) is 11.1. The Kier molecular flexibility index (Phi) is 12.9. The van der Waals surface area contributed by atoms with E-state index in [1.165, 1.54) is 0 Å². The maximum atomic E-state index is 13.2. The van der Waals surface area contributed by atoms with Gasteiger partial charge in [0.15, 0.2) is 0 Å². The van der Waals surface area contributed by atoms with Crippen molar-refractivity contribution >= 4 is 52.3 Å². The van der Waals surface area contributed by atoms with Crippen LogP contribution in [0.1, 0.15) is 45.1 Å². The monoisotopic (exact) mass is 576 g/mol. The first kappa shape index (κ1) is 32.6. The molecule has 9 N–H and O–H groups in total. The molecule has 1 aromatic carbocycles. The van der Waals surface area contributed by atoms with E-state index in [1.807, 2.05) is 44.4 Å². The quantitative estimate of drug-likeness (QED) is 0.142. The van der Waals surface area contributed by atoms with Crippen molar-refractivity contribution in [3.63, 3.8) is 0 Å². The molecular formula is C27H40N6O6S. The second-order valence-electron chi connectivity index (χ2n) is 10.1. The number of para-hydroxylation sites is 1. The molecule has 2 aromatic rings. The van der Waals surface area contributed by atoms with Gasteiger partial charge in [-0.1, -0.05) is 32.0 Å². The molecule has 12 nitrogen and oxygen atoms in total. The lowest BCUT2D eigenvalue weighted by molar-refractivity contribution is -0.142. The lowest BCUT2D eigenvalue weighted by Crippen LogP contribution is -2.57. The number of carbonyl (C=O) groups excluding carboxylic acids is 4. The summed E-state index contributed by atoms with van der Waals surface area (Å²) in [5, 5.41) is 18.4. The highest BCUT2D eigenvalue weighted by atomic mass is 32.2. The third-order valence-corrected chi connectivity index (χ3v) is 6.98. The molecule has 0 spiro atoms. The fourth-order valence-electron chi connectivity index (χ4n) is 4.18. The van der Waals surface area contributed by atoms with Crippen LogP contribution in [0.5, 0.6) is 0 Å². The van der Waals surface area contributed by atoms with E-state index in [4.69, 9.17) is 11.5 Å². The number of carbonyl (C=O) groups is 5. The van der Waals surface area contributed by atoms with E-state index in [1.54, 1.807) is 18.0 Å². The lowest BCUT2D eigenvalue weighted by Gasteiger charge is -2.26. The zero-order valence-corrected chi connectivity index (χ0v) is 23.9. The van der Waals surface area contributed by atoms with E-state index in [9.17, 15) is 29.1 Å². The molecule has 13 heteroatoms. The minimum atomic E-state index is -1.31. The minimum Gasteiger partial charge on any atom is -0.480 e. The molecule has 0 aliphatic rings. The van der Waals surface area contributed by atoms with Crippen LogP contribution in [0.2, 0.25) is 0 Å². The van der Waals surface area contributed by atoms with Gasteiger partial charge in [0.1, 0.15) is 18.1 Å². The highest BCUT2D eigenvalue weighted by molar-refractivity contribution is 7.98. The number of aromatic nitrogens is 1. The Morgan fingerprint density at radius 2 is 1.57 bits per heavy atom. The van der Waals surface area contributed by atoms with Crippen molar-refractivity contribution in [3.05, 3.63) is 36.0 Å². The number of thioether (sulfide) groups is 1. The Hall–Kier alpha value is -3.58. The van der Waals surface area contributed by atoms with Gasteiger partial charge in [0.25, 0.3) is 0 Å². The lowest BCUT2D eigenvalue weighted by atomic mass is 10.0. The van der Waals surface area contributed by atoms with Gasteiger partial charge in [-0.05, 0) is 48.8 Å². The maximum Gasteiger partial charge on any atom is 0.326 e. The van der Waals surface area contributed by atoms with Crippen LogP contribution in [0.15, 0.2) is 30.5 Å². The maximum absolute atomic E-state index is 13.2. The van der Waals surface area contributed by atoms with Crippen LogP contribution in [-0.4, -0.2) is 75.9 Å². The Balaban J connectivity index is 2.19. The molecule has 0 radical (unpaired) electrons. The van der Waals surface area contributed by atoms with Gasteiger partial charge in [0.05, 0.1) is 6.04 Å². The molecule has 0 saturated heterocycles. The van der Waals surface area contributed by atoms with Gasteiger partial charge in [-0.2, -0.15) is 11.8 Å². The molecule has 220 valence electrons. The first-order valence-corrected chi connectivity index (χ1v) is 14.5. The summed E-state index contributed by atoms with van der Waals surface area (Å²) in [5.41, 5.74) is 12.7. The Bertz CT molecular complexity index is 1190. The van der Waals surface area contributed by atoms with Crippen LogP contribution in [0.25, 0.3) is 10.9 Å². The van der Waals surface area contributed by atoms with E-state index >= 15 is 0 Å². The third kappa shape index (κ3) is 10.2. The summed E-state index contributed by atoms with van der Waals surface area (Å²) >= 11 is 1.55. The molecule has 1 heterocycles. The fraction of sp³-hybridized carbons (Fsp3) is 0.519. The number of hydrogen-bond acceptors (Lipinski definition) is 7. The summed E-state index contributed by atoms with van der Waals surface area (Å²) in [7, 11) is 0. The second kappa shape index (κ2) is 15.9. The molecule has 40 heavy (non-hydrogen) atoms. The van der Waals surface area contributed by atoms with E-state index in [0.717, 1.165) is 10.9 Å². The van der Waals surface area contributed by atoms with Crippen molar-refractivity contribution in [2.45, 2.75) is 70.1 Å². The van der Waals surface area contributed by atoms with Crippen molar-refractivity contribution in [2.24, 2.45) is 17.4 Å². The van der Waals surface area contributed by atoms with Crippen LogP contribution in [0, 0.1) is 5.92 Å². The van der Waals surface area contributed by atoms with Gasteiger partial charge in [-0.3, -0.25) is 19.2 Å². The van der Waals surface area contributed by atoms with E-state index in [-0.39, 0.29) is 31.6 Å². The molecule has 4 atom stereocenters. The van der Waals surface area contributed by atoms with E-state index in [2.05, 4.69) is 20.9 Å². The fourth-order valence-corrected chi connectivity index (χ4v) is 4.67. The average molecular weight is 577 g/mol. The SMILES string of the molecule is CSCCC(N)C(=O)NC(CC(C)C)C(=O)NC(CCC(N)=O)C(=O)NC(Cc1c[nH]c2ccccc12)C(=O)O. The van der Waals surface area contributed by atoms with Crippen molar-refractivity contribution in [1.82, 2.24) is 20.9 Å². The number of carboxylic acids is 1. The summed E-state index contributed by atoms with van der Waals surface area (Å²) in [6.45, 7) is 3.75.